The SMILES string of the molecule is C1=Cc2ccnnc2OC1. The first-order valence-corrected chi connectivity index (χ1v) is 3.08. The first kappa shape index (κ1) is 5.41. The van der Waals surface area contributed by atoms with Gasteiger partial charge in [-0.3, -0.25) is 0 Å². The molecule has 0 atom stereocenters. The molecule has 0 saturated carbocycles. The Kier molecular flexibility index (Phi) is 1.13. The van der Waals surface area contributed by atoms with Crippen molar-refractivity contribution >= 4 is 6.08 Å². The van der Waals surface area contributed by atoms with E-state index in [1.807, 2.05) is 18.2 Å². The lowest BCUT2D eigenvalue weighted by Crippen LogP contribution is -2.02. The summed E-state index contributed by atoms with van der Waals surface area (Å²) in [4.78, 5) is 0. The predicted molar refractivity (Wildman–Crippen MR) is 36.6 cm³/mol. The Morgan fingerprint density at radius 3 is 3.40 bits per heavy atom. The molecule has 0 saturated heterocycles. The lowest BCUT2D eigenvalue weighted by atomic mass is 10.2. The first-order chi connectivity index (χ1) is 4.97. The predicted octanol–water partition coefficient (Wildman–Crippen LogP) is 0.882. The van der Waals surface area contributed by atoms with Gasteiger partial charge in [-0.25, -0.2) is 0 Å². The average Bonchev–Trinajstić information content (AvgIpc) is 2.05. The third-order valence-corrected chi connectivity index (χ3v) is 1.33. The van der Waals surface area contributed by atoms with E-state index in [4.69, 9.17) is 4.74 Å². The van der Waals surface area contributed by atoms with Crippen molar-refractivity contribution in [1.82, 2.24) is 10.2 Å². The van der Waals surface area contributed by atoms with E-state index in [1.165, 1.54) is 0 Å². The summed E-state index contributed by atoms with van der Waals surface area (Å²) in [6.45, 7) is 0.603. The summed E-state index contributed by atoms with van der Waals surface area (Å²) in [5.74, 6) is 0.630. The quantitative estimate of drug-likeness (QED) is 0.528. The summed E-state index contributed by atoms with van der Waals surface area (Å²) in [5.41, 5.74) is 1.00. The molecule has 50 valence electrons. The van der Waals surface area contributed by atoms with Crippen molar-refractivity contribution < 1.29 is 4.74 Å². The van der Waals surface area contributed by atoms with Crippen LogP contribution in [0.4, 0.5) is 0 Å². The van der Waals surface area contributed by atoms with Crippen LogP contribution in [0.5, 0.6) is 5.88 Å². The van der Waals surface area contributed by atoms with Gasteiger partial charge >= 0.3 is 0 Å². The lowest BCUT2D eigenvalue weighted by molar-refractivity contribution is 0.339. The highest BCUT2D eigenvalue weighted by atomic mass is 16.5. The van der Waals surface area contributed by atoms with Gasteiger partial charge in [0.1, 0.15) is 6.61 Å². The van der Waals surface area contributed by atoms with Crippen molar-refractivity contribution in [2.24, 2.45) is 0 Å². The highest BCUT2D eigenvalue weighted by Gasteiger charge is 2.04. The highest BCUT2D eigenvalue weighted by Crippen LogP contribution is 2.17. The van der Waals surface area contributed by atoms with Crippen LogP contribution in [0.3, 0.4) is 0 Å². The van der Waals surface area contributed by atoms with E-state index in [2.05, 4.69) is 10.2 Å². The van der Waals surface area contributed by atoms with Crippen molar-refractivity contribution in [1.29, 1.82) is 0 Å². The molecule has 0 radical (unpaired) electrons. The molecule has 10 heavy (non-hydrogen) atoms. The number of ether oxygens (including phenoxy) is 1. The number of rotatable bonds is 0. The van der Waals surface area contributed by atoms with Gasteiger partial charge in [0.15, 0.2) is 0 Å². The average molecular weight is 134 g/mol. The Balaban J connectivity index is 2.54. The van der Waals surface area contributed by atoms with E-state index >= 15 is 0 Å². The van der Waals surface area contributed by atoms with Gasteiger partial charge in [-0.05, 0) is 12.1 Å². The second kappa shape index (κ2) is 2.10. The third-order valence-electron chi connectivity index (χ3n) is 1.33. The van der Waals surface area contributed by atoms with Crippen LogP contribution >= 0.6 is 0 Å². The summed E-state index contributed by atoms with van der Waals surface area (Å²) in [6, 6.07) is 1.87. The Labute approximate surface area is 58.4 Å². The molecule has 0 amide bonds. The second-order valence-corrected chi connectivity index (χ2v) is 2.01. The van der Waals surface area contributed by atoms with Crippen molar-refractivity contribution in [3.05, 3.63) is 23.9 Å². The molecular formula is C7H6N2O. The van der Waals surface area contributed by atoms with Gasteiger partial charge in [-0.15, -0.1) is 5.10 Å². The third kappa shape index (κ3) is 0.757. The number of aromatic nitrogens is 2. The van der Waals surface area contributed by atoms with Crippen LogP contribution in [-0.4, -0.2) is 16.8 Å². The van der Waals surface area contributed by atoms with E-state index in [1.54, 1.807) is 6.20 Å². The first-order valence-electron chi connectivity index (χ1n) is 3.08. The van der Waals surface area contributed by atoms with Gasteiger partial charge in [0.05, 0.1) is 6.20 Å². The molecular weight excluding hydrogens is 128 g/mol. The smallest absolute Gasteiger partial charge is 0.241 e. The summed E-state index contributed by atoms with van der Waals surface area (Å²) in [6.07, 6.45) is 5.58. The van der Waals surface area contributed by atoms with E-state index in [-0.39, 0.29) is 0 Å². The van der Waals surface area contributed by atoms with Crippen LogP contribution in [0.1, 0.15) is 5.56 Å². The monoisotopic (exact) mass is 134 g/mol. The second-order valence-electron chi connectivity index (χ2n) is 2.01. The van der Waals surface area contributed by atoms with Crippen molar-refractivity contribution in [2.45, 2.75) is 0 Å². The maximum absolute atomic E-state index is 5.16. The van der Waals surface area contributed by atoms with E-state index in [9.17, 15) is 0 Å². The normalized spacial score (nSPS) is 14.0. The van der Waals surface area contributed by atoms with Gasteiger partial charge < -0.3 is 4.74 Å². The van der Waals surface area contributed by atoms with Gasteiger partial charge in [-0.2, -0.15) is 5.10 Å². The zero-order valence-electron chi connectivity index (χ0n) is 5.32. The molecule has 0 aliphatic carbocycles. The molecule has 1 aliphatic rings. The molecule has 0 bridgehead atoms. The standard InChI is InChI=1S/C7H6N2O/c1-2-6-3-4-8-9-7(6)10-5-1/h1-4H,5H2. The molecule has 1 aromatic rings. The van der Waals surface area contributed by atoms with Crippen LogP contribution in [0.2, 0.25) is 0 Å². The fraction of sp³-hybridized carbons (Fsp3) is 0.143. The molecule has 0 unspecified atom stereocenters. The van der Waals surface area contributed by atoms with Gasteiger partial charge in [-0.1, -0.05) is 6.08 Å². The number of fused-ring (bicyclic) bond motifs is 1. The number of hydrogen-bond acceptors (Lipinski definition) is 3. The largest absolute Gasteiger partial charge is 0.472 e. The Morgan fingerprint density at radius 2 is 2.50 bits per heavy atom. The molecule has 1 aromatic heterocycles. The summed E-state index contributed by atoms with van der Waals surface area (Å²) in [5, 5.41) is 7.48. The molecule has 0 fully saturated rings. The molecule has 0 aromatic carbocycles. The van der Waals surface area contributed by atoms with Crippen LogP contribution < -0.4 is 4.74 Å². The van der Waals surface area contributed by atoms with Crippen LogP contribution in [0.15, 0.2) is 18.3 Å². The van der Waals surface area contributed by atoms with Crippen molar-refractivity contribution in [3.63, 3.8) is 0 Å². The van der Waals surface area contributed by atoms with E-state index < -0.39 is 0 Å². The van der Waals surface area contributed by atoms with Crippen molar-refractivity contribution in [3.8, 4) is 5.88 Å². The zero-order valence-corrected chi connectivity index (χ0v) is 5.32. The molecule has 2 heterocycles. The van der Waals surface area contributed by atoms with Gasteiger partial charge in [0, 0.05) is 5.56 Å². The zero-order chi connectivity index (χ0) is 6.81. The number of hydrogen-bond donors (Lipinski definition) is 0. The van der Waals surface area contributed by atoms with Crippen LogP contribution in [0, 0.1) is 0 Å². The Bertz CT molecular complexity index is 270. The molecule has 0 N–H and O–H groups in total. The van der Waals surface area contributed by atoms with Gasteiger partial charge in [0.2, 0.25) is 5.88 Å². The van der Waals surface area contributed by atoms with Crippen molar-refractivity contribution in [2.75, 3.05) is 6.61 Å². The maximum Gasteiger partial charge on any atom is 0.241 e. The molecule has 3 nitrogen and oxygen atoms in total. The fourth-order valence-corrected chi connectivity index (χ4v) is 0.870. The minimum atomic E-state index is 0.603. The highest BCUT2D eigenvalue weighted by molar-refractivity contribution is 5.55. The van der Waals surface area contributed by atoms with Crippen LogP contribution in [0.25, 0.3) is 6.08 Å². The Morgan fingerprint density at radius 1 is 1.50 bits per heavy atom. The summed E-state index contributed by atoms with van der Waals surface area (Å²) < 4.78 is 5.16. The lowest BCUT2D eigenvalue weighted by Gasteiger charge is -2.07. The molecule has 0 spiro atoms. The van der Waals surface area contributed by atoms with Crippen LogP contribution in [-0.2, 0) is 0 Å². The topological polar surface area (TPSA) is 35.0 Å². The molecule has 1 aliphatic heterocycles. The minimum absolute atomic E-state index is 0.603. The summed E-state index contributed by atoms with van der Waals surface area (Å²) in [7, 11) is 0. The minimum Gasteiger partial charge on any atom is -0.472 e. The Hall–Kier alpha value is -1.38. The summed E-state index contributed by atoms with van der Waals surface area (Å²) >= 11 is 0. The van der Waals surface area contributed by atoms with E-state index in [0.717, 1.165) is 5.56 Å². The molecule has 2 rings (SSSR count). The fourth-order valence-electron chi connectivity index (χ4n) is 0.870. The molecule has 3 heteroatoms. The number of nitrogens with zero attached hydrogens (tertiary/aromatic N) is 2. The van der Waals surface area contributed by atoms with E-state index in [0.29, 0.717) is 12.5 Å². The maximum atomic E-state index is 5.16. The van der Waals surface area contributed by atoms with Gasteiger partial charge in [0.25, 0.3) is 0 Å².